The van der Waals surface area contributed by atoms with Crippen LogP contribution in [-0.2, 0) is 13.3 Å². The van der Waals surface area contributed by atoms with Crippen molar-refractivity contribution < 1.29 is 13.3 Å². The summed E-state index contributed by atoms with van der Waals surface area (Å²) in [6.07, 6.45) is 0. The zero-order valence-corrected chi connectivity index (χ0v) is 11.3. The Morgan fingerprint density at radius 3 is 1.12 bits per heavy atom. The minimum absolute atomic E-state index is 1.31. The lowest BCUT2D eigenvalue weighted by Gasteiger charge is -2.02. The molecule has 0 heterocycles. The predicted octanol–water partition coefficient (Wildman–Crippen LogP) is 2.75. The first-order valence-electron chi connectivity index (χ1n) is 5.24. The SMILES string of the molecule is CO[Si](OC)OC.c1ccc2ccccc2c1. The Morgan fingerprint density at radius 1 is 0.647 bits per heavy atom. The Labute approximate surface area is 104 Å². The standard InChI is InChI=1S/C10H8.C3H9O3Si/c1-2-6-10-8-4-3-7-9(10)5-1;1-4-7(5-2)6-3/h1-8H;1-3H3. The third-order valence-electron chi connectivity index (χ3n) is 2.16. The highest BCUT2D eigenvalue weighted by atomic mass is 28.3. The zero-order valence-electron chi connectivity index (χ0n) is 10.3. The van der Waals surface area contributed by atoms with E-state index in [1.807, 2.05) is 0 Å². The maximum absolute atomic E-state index is 4.71. The molecule has 2 rings (SSSR count). The van der Waals surface area contributed by atoms with Gasteiger partial charge in [0.25, 0.3) is 0 Å². The van der Waals surface area contributed by atoms with Crippen molar-refractivity contribution in [2.45, 2.75) is 0 Å². The van der Waals surface area contributed by atoms with Gasteiger partial charge in [-0.15, -0.1) is 0 Å². The van der Waals surface area contributed by atoms with Gasteiger partial charge in [-0.25, -0.2) is 0 Å². The van der Waals surface area contributed by atoms with Crippen LogP contribution in [0.3, 0.4) is 0 Å². The minimum Gasteiger partial charge on any atom is -0.375 e. The minimum atomic E-state index is -1.36. The second-order valence-electron chi connectivity index (χ2n) is 3.21. The summed E-state index contributed by atoms with van der Waals surface area (Å²) < 4.78 is 14.1. The van der Waals surface area contributed by atoms with Crippen LogP contribution >= 0.6 is 0 Å². The first kappa shape index (κ1) is 13.9. The van der Waals surface area contributed by atoms with E-state index in [2.05, 4.69) is 48.5 Å². The molecule has 2 aromatic rings. The van der Waals surface area contributed by atoms with Crippen LogP contribution in [-0.4, -0.2) is 30.9 Å². The van der Waals surface area contributed by atoms with Gasteiger partial charge in [0, 0.05) is 21.3 Å². The Hall–Kier alpha value is -1.20. The average Bonchev–Trinajstić information content (AvgIpc) is 2.42. The summed E-state index contributed by atoms with van der Waals surface area (Å²) in [5.74, 6) is 0. The number of rotatable bonds is 3. The molecule has 0 aliphatic rings. The lowest BCUT2D eigenvalue weighted by molar-refractivity contribution is 0.163. The quantitative estimate of drug-likeness (QED) is 0.783. The lowest BCUT2D eigenvalue weighted by Crippen LogP contribution is -2.21. The molecule has 0 spiro atoms. The summed E-state index contributed by atoms with van der Waals surface area (Å²) in [6, 6.07) is 16.7. The maximum Gasteiger partial charge on any atom is 0.576 e. The van der Waals surface area contributed by atoms with Crippen LogP contribution in [0.1, 0.15) is 0 Å². The van der Waals surface area contributed by atoms with Gasteiger partial charge in [0.1, 0.15) is 0 Å². The first-order valence-corrected chi connectivity index (χ1v) is 6.47. The van der Waals surface area contributed by atoms with Crippen LogP contribution in [0.5, 0.6) is 0 Å². The van der Waals surface area contributed by atoms with Crippen molar-refractivity contribution in [1.29, 1.82) is 0 Å². The Morgan fingerprint density at radius 2 is 0.941 bits per heavy atom. The summed E-state index contributed by atoms with van der Waals surface area (Å²) in [5.41, 5.74) is 0. The normalized spacial score (nSPS) is 10.1. The summed E-state index contributed by atoms with van der Waals surface area (Å²) in [4.78, 5) is 0. The van der Waals surface area contributed by atoms with Crippen LogP contribution in [0.4, 0.5) is 0 Å². The van der Waals surface area contributed by atoms with Crippen molar-refractivity contribution in [3.63, 3.8) is 0 Å². The molecule has 3 nitrogen and oxygen atoms in total. The molecular formula is C13H17O3Si. The largest absolute Gasteiger partial charge is 0.576 e. The Kier molecular flexibility index (Phi) is 6.50. The maximum atomic E-state index is 4.71. The van der Waals surface area contributed by atoms with Gasteiger partial charge in [0.15, 0.2) is 0 Å². The van der Waals surface area contributed by atoms with E-state index in [4.69, 9.17) is 13.3 Å². The Balaban J connectivity index is 0.000000185. The molecule has 0 saturated heterocycles. The lowest BCUT2D eigenvalue weighted by atomic mass is 10.1. The van der Waals surface area contributed by atoms with E-state index in [1.54, 1.807) is 21.3 Å². The van der Waals surface area contributed by atoms with Gasteiger partial charge >= 0.3 is 9.53 Å². The fraction of sp³-hybridized carbons (Fsp3) is 0.231. The first-order chi connectivity index (χ1) is 8.31. The number of hydrogen-bond acceptors (Lipinski definition) is 3. The molecular weight excluding hydrogens is 232 g/mol. The van der Waals surface area contributed by atoms with E-state index in [0.29, 0.717) is 0 Å². The molecule has 0 fully saturated rings. The van der Waals surface area contributed by atoms with E-state index < -0.39 is 9.53 Å². The van der Waals surface area contributed by atoms with Crippen molar-refractivity contribution in [3.05, 3.63) is 48.5 Å². The molecule has 0 unspecified atom stereocenters. The van der Waals surface area contributed by atoms with Crippen LogP contribution in [0.15, 0.2) is 48.5 Å². The summed E-state index contributed by atoms with van der Waals surface area (Å²) in [6.45, 7) is 0. The van der Waals surface area contributed by atoms with Gasteiger partial charge < -0.3 is 13.3 Å². The van der Waals surface area contributed by atoms with E-state index in [-0.39, 0.29) is 0 Å². The number of hydrogen-bond donors (Lipinski definition) is 0. The monoisotopic (exact) mass is 249 g/mol. The van der Waals surface area contributed by atoms with Gasteiger partial charge in [-0.05, 0) is 10.8 Å². The molecule has 0 atom stereocenters. The van der Waals surface area contributed by atoms with Crippen molar-refractivity contribution >= 4 is 20.3 Å². The summed E-state index contributed by atoms with van der Waals surface area (Å²) in [7, 11) is 3.31. The van der Waals surface area contributed by atoms with Gasteiger partial charge in [0.2, 0.25) is 0 Å². The van der Waals surface area contributed by atoms with Crippen LogP contribution < -0.4 is 0 Å². The fourth-order valence-electron chi connectivity index (χ4n) is 1.38. The molecule has 0 aromatic heterocycles. The molecule has 0 bridgehead atoms. The van der Waals surface area contributed by atoms with Gasteiger partial charge in [-0.1, -0.05) is 48.5 Å². The molecule has 1 radical (unpaired) electrons. The molecule has 17 heavy (non-hydrogen) atoms. The van der Waals surface area contributed by atoms with Crippen molar-refractivity contribution in [2.24, 2.45) is 0 Å². The van der Waals surface area contributed by atoms with Gasteiger partial charge in [-0.3, -0.25) is 0 Å². The third kappa shape index (κ3) is 4.66. The molecule has 0 aliphatic carbocycles. The van der Waals surface area contributed by atoms with Gasteiger partial charge in [0.05, 0.1) is 0 Å². The second kappa shape index (κ2) is 7.97. The summed E-state index contributed by atoms with van der Waals surface area (Å²) in [5, 5.41) is 2.62. The highest BCUT2D eigenvalue weighted by molar-refractivity contribution is 6.36. The third-order valence-corrected chi connectivity index (χ3v) is 3.16. The molecule has 0 N–H and O–H groups in total. The highest BCUT2D eigenvalue weighted by Crippen LogP contribution is 2.11. The average molecular weight is 249 g/mol. The van der Waals surface area contributed by atoms with Crippen molar-refractivity contribution in [1.82, 2.24) is 0 Å². The smallest absolute Gasteiger partial charge is 0.375 e. The molecule has 4 heteroatoms. The second-order valence-corrected chi connectivity index (χ2v) is 4.93. The fourth-order valence-corrected chi connectivity index (χ4v) is 1.88. The molecule has 0 saturated carbocycles. The molecule has 91 valence electrons. The van der Waals surface area contributed by atoms with Crippen LogP contribution in [0, 0.1) is 0 Å². The van der Waals surface area contributed by atoms with E-state index in [9.17, 15) is 0 Å². The van der Waals surface area contributed by atoms with Crippen LogP contribution in [0.25, 0.3) is 10.8 Å². The predicted molar refractivity (Wildman–Crippen MR) is 70.7 cm³/mol. The highest BCUT2D eigenvalue weighted by Gasteiger charge is 2.09. The number of benzene rings is 2. The summed E-state index contributed by atoms with van der Waals surface area (Å²) >= 11 is 0. The van der Waals surface area contributed by atoms with Crippen molar-refractivity contribution in [3.8, 4) is 0 Å². The van der Waals surface area contributed by atoms with Crippen LogP contribution in [0.2, 0.25) is 0 Å². The topological polar surface area (TPSA) is 27.7 Å². The zero-order chi connectivity index (χ0) is 12.5. The van der Waals surface area contributed by atoms with E-state index >= 15 is 0 Å². The van der Waals surface area contributed by atoms with Crippen molar-refractivity contribution in [2.75, 3.05) is 21.3 Å². The Bertz CT molecular complexity index is 359. The van der Waals surface area contributed by atoms with E-state index in [1.165, 1.54) is 10.8 Å². The molecule has 0 aliphatic heterocycles. The van der Waals surface area contributed by atoms with E-state index in [0.717, 1.165) is 0 Å². The molecule has 2 aromatic carbocycles. The molecule has 0 amide bonds. The van der Waals surface area contributed by atoms with Gasteiger partial charge in [-0.2, -0.15) is 0 Å². The number of fused-ring (bicyclic) bond motifs is 1.